The van der Waals surface area contributed by atoms with Crippen molar-refractivity contribution in [2.75, 3.05) is 13.2 Å². The molecule has 0 saturated carbocycles. The van der Waals surface area contributed by atoms with Crippen LogP contribution in [-0.4, -0.2) is 69.5 Å². The van der Waals surface area contributed by atoms with E-state index in [-0.39, 0.29) is 35.1 Å². The highest BCUT2D eigenvalue weighted by molar-refractivity contribution is 9.09. The minimum atomic E-state index is -1.12. The summed E-state index contributed by atoms with van der Waals surface area (Å²) in [5, 5.41) is 16.3. The molecule has 9 heteroatoms. The van der Waals surface area contributed by atoms with Gasteiger partial charge in [0.15, 0.2) is 0 Å². The number of rotatable bonds is 10. The van der Waals surface area contributed by atoms with Gasteiger partial charge in [-0.2, -0.15) is 0 Å². The molecule has 0 aromatic heterocycles. The number of nitrogens with one attached hydrogen (secondary N) is 2. The second kappa shape index (κ2) is 10.6. The van der Waals surface area contributed by atoms with E-state index in [2.05, 4.69) is 26.6 Å². The fraction of sp³-hybridized carbons (Fsp3) is 0.654. The van der Waals surface area contributed by atoms with Gasteiger partial charge in [0, 0.05) is 17.9 Å². The number of carbonyl (C=O) groups is 3. The molecule has 0 radical (unpaired) electrons. The largest absolute Gasteiger partial charge is 0.394 e. The van der Waals surface area contributed by atoms with Crippen LogP contribution in [0, 0.1) is 17.8 Å². The summed E-state index contributed by atoms with van der Waals surface area (Å²) in [5.41, 5.74) is -0.176. The van der Waals surface area contributed by atoms with Gasteiger partial charge in [-0.25, -0.2) is 0 Å². The molecule has 1 aromatic rings. The normalized spacial score (nSPS) is 32.9. The van der Waals surface area contributed by atoms with Gasteiger partial charge in [0.05, 0.1) is 30.6 Å². The van der Waals surface area contributed by atoms with E-state index in [1.807, 2.05) is 51.1 Å². The number of hydrogen-bond donors (Lipinski definition) is 3. The summed E-state index contributed by atoms with van der Waals surface area (Å²) >= 11 is 3.68. The zero-order chi connectivity index (χ0) is 25.3. The molecule has 3 aliphatic heterocycles. The molecule has 192 valence electrons. The van der Waals surface area contributed by atoms with E-state index in [1.54, 1.807) is 4.90 Å². The first kappa shape index (κ1) is 26.1. The highest BCUT2D eigenvalue weighted by Crippen LogP contribution is 2.60. The van der Waals surface area contributed by atoms with Gasteiger partial charge >= 0.3 is 0 Å². The van der Waals surface area contributed by atoms with Crippen molar-refractivity contribution in [3.8, 4) is 0 Å². The number of halogens is 1. The summed E-state index contributed by atoms with van der Waals surface area (Å²) in [4.78, 5) is 42.4. The number of carbonyl (C=O) groups excluding carboxylic acids is 3. The average Bonchev–Trinajstić information content (AvgIpc) is 3.45. The van der Waals surface area contributed by atoms with Crippen molar-refractivity contribution in [2.24, 2.45) is 17.8 Å². The molecule has 3 N–H and O–H groups in total. The number of alkyl halides is 1. The SMILES string of the molecule is CCCNC(=O)[C@H]1[C@H]2C(=O)N([C@@H](CO)[C@@H](C)CC)C(C(=O)NCc3ccccc3)C23CC(Br)[C@@H]1O3. The van der Waals surface area contributed by atoms with E-state index in [0.29, 0.717) is 19.5 Å². The van der Waals surface area contributed by atoms with Crippen LogP contribution in [0.2, 0.25) is 0 Å². The zero-order valence-electron chi connectivity index (χ0n) is 20.6. The van der Waals surface area contributed by atoms with Crippen molar-refractivity contribution in [2.45, 2.75) is 75.2 Å². The molecule has 8 nitrogen and oxygen atoms in total. The molecule has 2 bridgehead atoms. The third-order valence-electron chi connectivity index (χ3n) is 7.98. The Hall–Kier alpha value is -1.97. The Kier molecular flexibility index (Phi) is 7.88. The predicted molar refractivity (Wildman–Crippen MR) is 134 cm³/mol. The number of benzene rings is 1. The van der Waals surface area contributed by atoms with Crippen LogP contribution in [0.5, 0.6) is 0 Å². The molecule has 3 fully saturated rings. The second-order valence-electron chi connectivity index (χ2n) is 10.0. The Balaban J connectivity index is 1.71. The Labute approximate surface area is 215 Å². The summed E-state index contributed by atoms with van der Waals surface area (Å²) in [6.07, 6.45) is 1.48. The van der Waals surface area contributed by atoms with Crippen LogP contribution in [0.4, 0.5) is 0 Å². The standard InChI is InChI=1S/C26H36BrN3O5/c1-4-11-28-23(32)19-20-25(34)30(18(14-31)15(3)5-2)22(26(20)12-17(27)21(19)35-26)24(33)29-13-16-9-7-6-8-10-16/h6-10,15,17-22,31H,4-5,11-14H2,1-3H3,(H,28,32)(H,29,33)/t15-,17?,18-,19-,20-,21-,22?,26?/m0/s1. The monoisotopic (exact) mass is 549 g/mol. The van der Waals surface area contributed by atoms with Crippen molar-refractivity contribution < 1.29 is 24.2 Å². The van der Waals surface area contributed by atoms with Gasteiger partial charge in [-0.1, -0.05) is 73.5 Å². The maximum Gasteiger partial charge on any atom is 0.246 e. The number of amides is 3. The van der Waals surface area contributed by atoms with Crippen molar-refractivity contribution in [1.29, 1.82) is 0 Å². The summed E-state index contributed by atoms with van der Waals surface area (Å²) in [6.45, 7) is 6.50. The zero-order valence-corrected chi connectivity index (χ0v) is 22.2. The Morgan fingerprint density at radius 3 is 2.57 bits per heavy atom. The first-order valence-electron chi connectivity index (χ1n) is 12.6. The minimum Gasteiger partial charge on any atom is -0.394 e. The lowest BCUT2D eigenvalue weighted by molar-refractivity contribution is -0.147. The van der Waals surface area contributed by atoms with Gasteiger partial charge in [-0.3, -0.25) is 14.4 Å². The van der Waals surface area contributed by atoms with Gasteiger partial charge in [0.2, 0.25) is 17.7 Å². The van der Waals surface area contributed by atoms with E-state index >= 15 is 0 Å². The molecule has 3 aliphatic rings. The Morgan fingerprint density at radius 2 is 1.94 bits per heavy atom. The molecule has 4 rings (SSSR count). The van der Waals surface area contributed by atoms with E-state index in [1.165, 1.54) is 0 Å². The molecular weight excluding hydrogens is 514 g/mol. The number of aliphatic hydroxyl groups is 1. The quantitative estimate of drug-likeness (QED) is 0.387. The van der Waals surface area contributed by atoms with Crippen molar-refractivity contribution in [3.63, 3.8) is 0 Å². The van der Waals surface area contributed by atoms with Crippen LogP contribution in [0.3, 0.4) is 0 Å². The summed E-state index contributed by atoms with van der Waals surface area (Å²) in [7, 11) is 0. The molecule has 0 aliphatic carbocycles. The van der Waals surface area contributed by atoms with Crippen LogP contribution >= 0.6 is 15.9 Å². The number of likely N-dealkylation sites (tertiary alicyclic amines) is 1. The third kappa shape index (κ3) is 4.40. The van der Waals surface area contributed by atoms with Crippen LogP contribution in [0.25, 0.3) is 0 Å². The molecule has 3 saturated heterocycles. The molecule has 1 aromatic carbocycles. The third-order valence-corrected chi connectivity index (χ3v) is 8.83. The van der Waals surface area contributed by atoms with Gasteiger partial charge in [-0.05, 0) is 24.3 Å². The second-order valence-corrected chi connectivity index (χ2v) is 11.2. The summed E-state index contributed by atoms with van der Waals surface area (Å²) in [6, 6.07) is 8.10. The minimum absolute atomic E-state index is 0.0343. The predicted octanol–water partition coefficient (Wildman–Crippen LogP) is 1.98. The number of fused-ring (bicyclic) bond motifs is 1. The number of hydrogen-bond acceptors (Lipinski definition) is 5. The van der Waals surface area contributed by atoms with E-state index in [4.69, 9.17) is 4.74 Å². The van der Waals surface area contributed by atoms with Crippen LogP contribution < -0.4 is 10.6 Å². The molecule has 3 amide bonds. The smallest absolute Gasteiger partial charge is 0.246 e. The average molecular weight is 550 g/mol. The van der Waals surface area contributed by atoms with Gasteiger partial charge in [0.25, 0.3) is 0 Å². The van der Waals surface area contributed by atoms with Gasteiger partial charge in [0.1, 0.15) is 11.6 Å². The molecule has 1 spiro atoms. The molecule has 3 unspecified atom stereocenters. The van der Waals surface area contributed by atoms with E-state index in [9.17, 15) is 19.5 Å². The maximum atomic E-state index is 14.0. The first-order chi connectivity index (χ1) is 16.8. The van der Waals surface area contributed by atoms with Gasteiger partial charge in [-0.15, -0.1) is 0 Å². The molecule has 3 heterocycles. The Bertz CT molecular complexity index is 946. The Morgan fingerprint density at radius 1 is 1.23 bits per heavy atom. The fourth-order valence-electron chi connectivity index (χ4n) is 6.09. The fourth-order valence-corrected chi connectivity index (χ4v) is 7.03. The van der Waals surface area contributed by atoms with E-state index < -0.39 is 35.6 Å². The lowest BCUT2D eigenvalue weighted by Gasteiger charge is -2.38. The highest BCUT2D eigenvalue weighted by Gasteiger charge is 2.77. The molecular formula is C26H36BrN3O5. The summed E-state index contributed by atoms with van der Waals surface area (Å²) < 4.78 is 6.49. The highest BCUT2D eigenvalue weighted by atomic mass is 79.9. The van der Waals surface area contributed by atoms with Gasteiger partial charge < -0.3 is 25.4 Å². The van der Waals surface area contributed by atoms with Crippen molar-refractivity contribution >= 4 is 33.7 Å². The van der Waals surface area contributed by atoms with Crippen molar-refractivity contribution in [3.05, 3.63) is 35.9 Å². The topological polar surface area (TPSA) is 108 Å². The lowest BCUT2D eigenvalue weighted by atomic mass is 9.70. The molecule has 8 atom stereocenters. The first-order valence-corrected chi connectivity index (χ1v) is 13.6. The van der Waals surface area contributed by atoms with E-state index in [0.717, 1.165) is 18.4 Å². The lowest BCUT2D eigenvalue weighted by Crippen LogP contribution is -2.59. The van der Waals surface area contributed by atoms with Crippen molar-refractivity contribution in [1.82, 2.24) is 15.5 Å². The summed E-state index contributed by atoms with van der Waals surface area (Å²) in [5.74, 6) is -2.28. The maximum absolute atomic E-state index is 14.0. The van der Waals surface area contributed by atoms with Crippen LogP contribution in [0.1, 0.15) is 45.6 Å². The molecule has 35 heavy (non-hydrogen) atoms. The number of nitrogens with zero attached hydrogens (tertiary/aromatic N) is 1. The van der Waals surface area contributed by atoms with Crippen LogP contribution in [-0.2, 0) is 25.7 Å². The van der Waals surface area contributed by atoms with Crippen LogP contribution in [0.15, 0.2) is 30.3 Å². The number of aliphatic hydroxyl groups excluding tert-OH is 1. The number of ether oxygens (including phenoxy) is 1.